The summed E-state index contributed by atoms with van der Waals surface area (Å²) >= 11 is 0. The second kappa shape index (κ2) is 7.80. The van der Waals surface area contributed by atoms with Crippen LogP contribution >= 0.6 is 0 Å². The molecule has 2 aromatic heterocycles. The highest BCUT2D eigenvalue weighted by Crippen LogP contribution is 2.19. The SMILES string of the molecule is OC(CNc1nccc(-c2cnn(-c3ccccc3)c2)n1)c1ccccc1. The van der Waals surface area contributed by atoms with Gasteiger partial charge in [-0.2, -0.15) is 5.10 Å². The molecule has 4 rings (SSSR count). The lowest BCUT2D eigenvalue weighted by atomic mass is 10.1. The van der Waals surface area contributed by atoms with Crippen LogP contribution in [0.1, 0.15) is 11.7 Å². The highest BCUT2D eigenvalue weighted by Gasteiger charge is 2.09. The third-order valence-electron chi connectivity index (χ3n) is 4.19. The Morgan fingerprint density at radius 3 is 2.48 bits per heavy atom. The Morgan fingerprint density at radius 2 is 1.70 bits per heavy atom. The summed E-state index contributed by atoms with van der Waals surface area (Å²) < 4.78 is 1.81. The maximum Gasteiger partial charge on any atom is 0.223 e. The molecule has 0 bridgehead atoms. The maximum atomic E-state index is 10.3. The molecule has 0 aliphatic heterocycles. The fourth-order valence-electron chi connectivity index (χ4n) is 2.76. The number of hydrogen-bond acceptors (Lipinski definition) is 5. The van der Waals surface area contributed by atoms with Crippen LogP contribution in [-0.4, -0.2) is 31.4 Å². The molecule has 0 saturated carbocycles. The van der Waals surface area contributed by atoms with Gasteiger partial charge in [0.25, 0.3) is 0 Å². The standard InChI is InChI=1S/C21H19N5O/c27-20(16-7-3-1-4-8-16)14-23-21-22-12-11-19(25-21)17-13-24-26(15-17)18-9-5-2-6-10-18/h1-13,15,20,27H,14H2,(H,22,23,25). The second-order valence-electron chi connectivity index (χ2n) is 6.08. The van der Waals surface area contributed by atoms with E-state index >= 15 is 0 Å². The molecule has 0 aliphatic rings. The topological polar surface area (TPSA) is 75.9 Å². The average molecular weight is 357 g/mol. The van der Waals surface area contributed by atoms with Gasteiger partial charge in [0.2, 0.25) is 5.95 Å². The Kier molecular flexibility index (Phi) is 4.89. The summed E-state index contributed by atoms with van der Waals surface area (Å²) in [5.74, 6) is 0.468. The molecule has 4 aromatic rings. The first-order valence-corrected chi connectivity index (χ1v) is 8.70. The maximum absolute atomic E-state index is 10.3. The Balaban J connectivity index is 1.47. The first-order valence-electron chi connectivity index (χ1n) is 8.70. The van der Waals surface area contributed by atoms with E-state index < -0.39 is 6.10 Å². The number of aliphatic hydroxyl groups excluding tert-OH is 1. The number of rotatable bonds is 6. The molecule has 0 amide bonds. The Labute approximate surface area is 157 Å². The van der Waals surface area contributed by atoms with Crippen molar-refractivity contribution in [2.75, 3.05) is 11.9 Å². The number of nitrogens with one attached hydrogen (secondary N) is 1. The van der Waals surface area contributed by atoms with Gasteiger partial charge in [-0.15, -0.1) is 0 Å². The van der Waals surface area contributed by atoms with Crippen LogP contribution in [0.5, 0.6) is 0 Å². The lowest BCUT2D eigenvalue weighted by molar-refractivity contribution is 0.191. The molecule has 6 heteroatoms. The molecular weight excluding hydrogens is 338 g/mol. The molecule has 0 spiro atoms. The van der Waals surface area contributed by atoms with E-state index in [0.29, 0.717) is 12.5 Å². The zero-order chi connectivity index (χ0) is 18.5. The van der Waals surface area contributed by atoms with Crippen LogP contribution in [-0.2, 0) is 0 Å². The fourth-order valence-corrected chi connectivity index (χ4v) is 2.76. The number of aliphatic hydroxyl groups is 1. The molecule has 0 fully saturated rings. The van der Waals surface area contributed by atoms with Gasteiger partial charge in [0.15, 0.2) is 0 Å². The lowest BCUT2D eigenvalue weighted by Gasteiger charge is -2.12. The molecule has 6 nitrogen and oxygen atoms in total. The van der Waals surface area contributed by atoms with Gasteiger partial charge < -0.3 is 10.4 Å². The molecule has 2 heterocycles. The fraction of sp³-hybridized carbons (Fsp3) is 0.0952. The summed E-state index contributed by atoms with van der Waals surface area (Å²) in [6.45, 7) is 0.330. The van der Waals surface area contributed by atoms with Crippen LogP contribution < -0.4 is 5.32 Å². The van der Waals surface area contributed by atoms with Crippen molar-refractivity contribution in [3.63, 3.8) is 0 Å². The first-order chi connectivity index (χ1) is 13.3. The van der Waals surface area contributed by atoms with Crippen LogP contribution in [0.2, 0.25) is 0 Å². The largest absolute Gasteiger partial charge is 0.387 e. The predicted molar refractivity (Wildman–Crippen MR) is 104 cm³/mol. The summed E-state index contributed by atoms with van der Waals surface area (Å²) in [5.41, 5.74) is 3.50. The third kappa shape index (κ3) is 4.02. The van der Waals surface area contributed by atoms with Crippen LogP contribution in [0, 0.1) is 0 Å². The Morgan fingerprint density at radius 1 is 0.963 bits per heavy atom. The molecule has 2 N–H and O–H groups in total. The van der Waals surface area contributed by atoms with E-state index in [-0.39, 0.29) is 0 Å². The third-order valence-corrected chi connectivity index (χ3v) is 4.19. The van der Waals surface area contributed by atoms with Gasteiger partial charge in [0.05, 0.1) is 23.7 Å². The molecule has 0 aliphatic carbocycles. The van der Waals surface area contributed by atoms with Crippen molar-refractivity contribution in [2.24, 2.45) is 0 Å². The summed E-state index contributed by atoms with van der Waals surface area (Å²) in [4.78, 5) is 8.76. The number of nitrogens with zero attached hydrogens (tertiary/aromatic N) is 4. The van der Waals surface area contributed by atoms with Crippen molar-refractivity contribution in [2.45, 2.75) is 6.10 Å². The number of hydrogen-bond donors (Lipinski definition) is 2. The van der Waals surface area contributed by atoms with Crippen molar-refractivity contribution < 1.29 is 5.11 Å². The van der Waals surface area contributed by atoms with E-state index in [9.17, 15) is 5.11 Å². The summed E-state index contributed by atoms with van der Waals surface area (Å²) in [7, 11) is 0. The smallest absolute Gasteiger partial charge is 0.223 e. The number of benzene rings is 2. The van der Waals surface area contributed by atoms with Crippen molar-refractivity contribution in [1.29, 1.82) is 0 Å². The van der Waals surface area contributed by atoms with Gasteiger partial charge >= 0.3 is 0 Å². The number of anilines is 1. The van der Waals surface area contributed by atoms with Crippen molar-refractivity contribution in [1.82, 2.24) is 19.7 Å². The molecular formula is C21H19N5O. The highest BCUT2D eigenvalue weighted by molar-refractivity contribution is 5.58. The zero-order valence-electron chi connectivity index (χ0n) is 14.6. The van der Waals surface area contributed by atoms with E-state index in [1.165, 1.54) is 0 Å². The minimum atomic E-state index is -0.626. The van der Waals surface area contributed by atoms with Crippen molar-refractivity contribution in [3.05, 3.63) is 90.9 Å². The van der Waals surface area contributed by atoms with Gasteiger partial charge in [-0.05, 0) is 23.8 Å². The second-order valence-corrected chi connectivity index (χ2v) is 6.08. The molecule has 0 radical (unpaired) electrons. The van der Waals surface area contributed by atoms with E-state index in [1.807, 2.05) is 77.6 Å². The first kappa shape index (κ1) is 16.9. The van der Waals surface area contributed by atoms with E-state index in [1.54, 1.807) is 12.4 Å². The van der Waals surface area contributed by atoms with Crippen LogP contribution in [0.15, 0.2) is 85.3 Å². The van der Waals surface area contributed by atoms with Crippen LogP contribution in [0.25, 0.3) is 16.9 Å². The normalized spacial score (nSPS) is 11.9. The minimum Gasteiger partial charge on any atom is -0.387 e. The molecule has 134 valence electrons. The highest BCUT2D eigenvalue weighted by atomic mass is 16.3. The lowest BCUT2D eigenvalue weighted by Crippen LogP contribution is -2.13. The molecule has 0 saturated heterocycles. The zero-order valence-corrected chi connectivity index (χ0v) is 14.6. The monoisotopic (exact) mass is 357 g/mol. The molecule has 2 aromatic carbocycles. The molecule has 1 atom stereocenters. The quantitative estimate of drug-likeness (QED) is 0.553. The van der Waals surface area contributed by atoms with Crippen LogP contribution in [0.3, 0.4) is 0 Å². The average Bonchev–Trinajstić information content (AvgIpc) is 3.24. The Hall–Kier alpha value is -3.51. The minimum absolute atomic E-state index is 0.330. The molecule has 1 unspecified atom stereocenters. The Bertz CT molecular complexity index is 1000. The number of para-hydroxylation sites is 1. The van der Waals surface area contributed by atoms with Gasteiger partial charge in [0.1, 0.15) is 0 Å². The predicted octanol–water partition coefficient (Wildman–Crippen LogP) is 3.47. The summed E-state index contributed by atoms with van der Waals surface area (Å²) in [6.07, 6.45) is 4.77. The van der Waals surface area contributed by atoms with E-state index in [0.717, 1.165) is 22.5 Å². The van der Waals surface area contributed by atoms with Gasteiger partial charge in [-0.25, -0.2) is 14.6 Å². The van der Waals surface area contributed by atoms with E-state index in [4.69, 9.17) is 0 Å². The van der Waals surface area contributed by atoms with Crippen LogP contribution in [0.4, 0.5) is 5.95 Å². The molecule has 27 heavy (non-hydrogen) atoms. The van der Waals surface area contributed by atoms with Gasteiger partial charge in [-0.3, -0.25) is 0 Å². The number of aromatic nitrogens is 4. The van der Waals surface area contributed by atoms with Crippen molar-refractivity contribution in [3.8, 4) is 16.9 Å². The van der Waals surface area contributed by atoms with Gasteiger partial charge in [-0.1, -0.05) is 48.5 Å². The van der Waals surface area contributed by atoms with Crippen molar-refractivity contribution >= 4 is 5.95 Å². The van der Waals surface area contributed by atoms with E-state index in [2.05, 4.69) is 20.4 Å². The summed E-state index contributed by atoms with van der Waals surface area (Å²) in [5, 5.41) is 17.8. The summed E-state index contributed by atoms with van der Waals surface area (Å²) in [6, 6.07) is 21.3. The van der Waals surface area contributed by atoms with Gasteiger partial charge in [0, 0.05) is 24.5 Å².